The number of nitrogens with zero attached hydrogens (tertiary/aromatic N) is 3. The molecule has 2 heterocycles. The van der Waals surface area contributed by atoms with Crippen LogP contribution in [0.4, 0.5) is 8.78 Å². The second kappa shape index (κ2) is 7.02. The summed E-state index contributed by atoms with van der Waals surface area (Å²) in [6.45, 7) is 3.65. The smallest absolute Gasteiger partial charge is 0.282 e. The van der Waals surface area contributed by atoms with Crippen LogP contribution in [-0.2, 0) is 16.1 Å². The number of alkyl halides is 2. The summed E-state index contributed by atoms with van der Waals surface area (Å²) in [5.41, 5.74) is -1.34. The first-order chi connectivity index (χ1) is 12.7. The van der Waals surface area contributed by atoms with Gasteiger partial charge >= 0.3 is 0 Å². The van der Waals surface area contributed by atoms with Gasteiger partial charge in [0.2, 0.25) is 0 Å². The van der Waals surface area contributed by atoms with Gasteiger partial charge in [-0.3, -0.25) is 19.3 Å². The van der Waals surface area contributed by atoms with Crippen molar-refractivity contribution in [3.63, 3.8) is 0 Å². The van der Waals surface area contributed by atoms with Crippen molar-refractivity contribution in [2.45, 2.75) is 39.7 Å². The molecule has 0 unspecified atom stereocenters. The fraction of sp³-hybridized carbons (Fsp3) is 0.368. The van der Waals surface area contributed by atoms with Crippen molar-refractivity contribution in [1.29, 1.82) is 0 Å². The second-order valence-corrected chi connectivity index (χ2v) is 7.34. The molecule has 0 spiro atoms. The lowest BCUT2D eigenvalue weighted by atomic mass is 9.73. The Labute approximate surface area is 154 Å². The van der Waals surface area contributed by atoms with E-state index in [9.17, 15) is 23.5 Å². The summed E-state index contributed by atoms with van der Waals surface area (Å²) in [6.07, 6.45) is -0.0836. The zero-order valence-electron chi connectivity index (χ0n) is 14.9. The Morgan fingerprint density at radius 2 is 1.93 bits per heavy atom. The van der Waals surface area contributed by atoms with E-state index in [1.165, 1.54) is 10.9 Å². The molecule has 1 saturated carbocycles. The highest BCUT2D eigenvalue weighted by molar-refractivity contribution is 6.26. The number of rotatable bonds is 4. The van der Waals surface area contributed by atoms with Crippen LogP contribution in [-0.4, -0.2) is 31.4 Å². The molecule has 0 aliphatic heterocycles. The molecule has 6 nitrogen and oxygen atoms in total. The molecular formula is C19H19F2N3O3. The highest BCUT2D eigenvalue weighted by Crippen LogP contribution is 2.37. The summed E-state index contributed by atoms with van der Waals surface area (Å²) < 4.78 is 28.1. The monoisotopic (exact) mass is 375 g/mol. The highest BCUT2D eigenvalue weighted by atomic mass is 19.3. The van der Waals surface area contributed by atoms with Crippen LogP contribution in [0.25, 0.3) is 5.76 Å². The van der Waals surface area contributed by atoms with E-state index in [0.717, 1.165) is 0 Å². The van der Waals surface area contributed by atoms with Gasteiger partial charge in [0, 0.05) is 25.2 Å². The largest absolute Gasteiger partial charge is 0.506 e. The highest BCUT2D eigenvalue weighted by Gasteiger charge is 2.38. The molecule has 27 heavy (non-hydrogen) atoms. The van der Waals surface area contributed by atoms with Crippen molar-refractivity contribution in [2.24, 2.45) is 5.41 Å². The molecule has 8 heteroatoms. The van der Waals surface area contributed by atoms with Crippen molar-refractivity contribution in [2.75, 3.05) is 0 Å². The van der Waals surface area contributed by atoms with Gasteiger partial charge < -0.3 is 5.11 Å². The Balaban J connectivity index is 2.02. The minimum Gasteiger partial charge on any atom is -0.506 e. The minimum atomic E-state index is -2.97. The van der Waals surface area contributed by atoms with E-state index in [-0.39, 0.29) is 24.9 Å². The first-order valence-electron chi connectivity index (χ1n) is 8.43. The SMILES string of the molecule is CC1(C)CC(=O)C(=C(O)c2cn(Cc3ccccn3)nc2C(F)F)C(=O)C1. The van der Waals surface area contributed by atoms with Crippen LogP contribution in [0.15, 0.2) is 36.2 Å². The average Bonchev–Trinajstić information content (AvgIpc) is 2.98. The van der Waals surface area contributed by atoms with E-state index in [1.807, 2.05) is 0 Å². The molecule has 3 rings (SSSR count). The van der Waals surface area contributed by atoms with Gasteiger partial charge in [0.25, 0.3) is 6.43 Å². The maximum atomic E-state index is 13.4. The Kier molecular flexibility index (Phi) is 4.91. The van der Waals surface area contributed by atoms with Gasteiger partial charge in [-0.1, -0.05) is 19.9 Å². The molecule has 142 valence electrons. The van der Waals surface area contributed by atoms with Gasteiger partial charge in [-0.15, -0.1) is 0 Å². The molecule has 1 N–H and O–H groups in total. The molecule has 1 aliphatic carbocycles. The maximum Gasteiger partial charge on any atom is 0.282 e. The van der Waals surface area contributed by atoms with E-state index in [2.05, 4.69) is 10.1 Å². The number of allylic oxidation sites excluding steroid dienone is 1. The normalized spacial score (nSPS) is 16.9. The van der Waals surface area contributed by atoms with Crippen LogP contribution < -0.4 is 0 Å². The summed E-state index contributed by atoms with van der Waals surface area (Å²) in [5.74, 6) is -1.83. The Morgan fingerprint density at radius 3 is 2.48 bits per heavy atom. The summed E-state index contributed by atoms with van der Waals surface area (Å²) in [5, 5.41) is 14.3. The molecule has 2 aromatic heterocycles. The molecule has 0 bridgehead atoms. The van der Waals surface area contributed by atoms with E-state index in [0.29, 0.717) is 5.69 Å². The van der Waals surface area contributed by atoms with Gasteiger partial charge in [0.05, 0.1) is 17.8 Å². The summed E-state index contributed by atoms with van der Waals surface area (Å²) >= 11 is 0. The van der Waals surface area contributed by atoms with Crippen LogP contribution in [0.2, 0.25) is 0 Å². The molecule has 1 fully saturated rings. The standard InChI is InChI=1S/C19H19F2N3O3/c1-19(2)7-13(25)15(14(26)8-19)17(27)12-10-24(23-16(12)18(20)21)9-11-5-3-4-6-22-11/h3-6,10,18,27H,7-9H2,1-2H3. The lowest BCUT2D eigenvalue weighted by molar-refractivity contribution is -0.127. The van der Waals surface area contributed by atoms with Gasteiger partial charge in [-0.05, 0) is 17.5 Å². The summed E-state index contributed by atoms with van der Waals surface area (Å²) in [6, 6.07) is 5.18. The molecule has 1 aliphatic rings. The molecule has 0 saturated heterocycles. The fourth-order valence-corrected chi connectivity index (χ4v) is 3.18. The lowest BCUT2D eigenvalue weighted by Gasteiger charge is -2.28. The number of halogens is 2. The van der Waals surface area contributed by atoms with Crippen molar-refractivity contribution < 1.29 is 23.5 Å². The number of hydrogen-bond acceptors (Lipinski definition) is 5. The molecule has 0 amide bonds. The minimum absolute atomic E-state index is 0.0597. The number of aliphatic hydroxyl groups is 1. The van der Waals surface area contributed by atoms with Crippen LogP contribution in [0.3, 0.4) is 0 Å². The van der Waals surface area contributed by atoms with Gasteiger partial charge in [0.15, 0.2) is 11.6 Å². The van der Waals surface area contributed by atoms with Crippen molar-refractivity contribution in [3.05, 3.63) is 53.1 Å². The summed E-state index contributed by atoms with van der Waals surface area (Å²) in [7, 11) is 0. The number of ketones is 2. The first kappa shape index (κ1) is 18.9. The predicted octanol–water partition coefficient (Wildman–Crippen LogP) is 3.49. The average molecular weight is 375 g/mol. The lowest BCUT2D eigenvalue weighted by Crippen LogP contribution is -2.32. The second-order valence-electron chi connectivity index (χ2n) is 7.34. The van der Waals surface area contributed by atoms with Crippen LogP contribution >= 0.6 is 0 Å². The van der Waals surface area contributed by atoms with Gasteiger partial charge in [0.1, 0.15) is 17.0 Å². The van der Waals surface area contributed by atoms with Crippen molar-refractivity contribution in [1.82, 2.24) is 14.8 Å². The summed E-state index contributed by atoms with van der Waals surface area (Å²) in [4.78, 5) is 28.8. The third-order valence-electron chi connectivity index (χ3n) is 4.37. The molecule has 0 radical (unpaired) electrons. The number of aliphatic hydroxyl groups excluding tert-OH is 1. The van der Waals surface area contributed by atoms with Crippen molar-refractivity contribution >= 4 is 17.3 Å². The number of Topliss-reactive ketones (excluding diaryl/α,β-unsaturated/α-hetero) is 2. The van der Waals surface area contributed by atoms with E-state index < -0.39 is 40.4 Å². The Morgan fingerprint density at radius 1 is 1.26 bits per heavy atom. The van der Waals surface area contributed by atoms with Crippen LogP contribution in [0, 0.1) is 5.41 Å². The van der Waals surface area contributed by atoms with Gasteiger partial charge in [-0.2, -0.15) is 5.10 Å². The van der Waals surface area contributed by atoms with Crippen molar-refractivity contribution in [3.8, 4) is 0 Å². The number of aromatic nitrogens is 3. The quantitative estimate of drug-likeness (QED) is 0.502. The van der Waals surface area contributed by atoms with E-state index in [1.54, 1.807) is 38.2 Å². The third kappa shape index (κ3) is 3.94. The Hall–Kier alpha value is -2.90. The molecule has 0 atom stereocenters. The fourth-order valence-electron chi connectivity index (χ4n) is 3.18. The molecule has 2 aromatic rings. The zero-order valence-corrected chi connectivity index (χ0v) is 14.9. The van der Waals surface area contributed by atoms with E-state index >= 15 is 0 Å². The number of pyridine rings is 1. The first-order valence-corrected chi connectivity index (χ1v) is 8.43. The number of hydrogen-bond donors (Lipinski definition) is 1. The topological polar surface area (TPSA) is 85.1 Å². The molecular weight excluding hydrogens is 356 g/mol. The predicted molar refractivity (Wildman–Crippen MR) is 93.1 cm³/mol. The van der Waals surface area contributed by atoms with E-state index in [4.69, 9.17) is 0 Å². The number of carbonyl (C=O) groups excluding carboxylic acids is 2. The maximum absolute atomic E-state index is 13.4. The third-order valence-corrected chi connectivity index (χ3v) is 4.37. The molecule has 0 aromatic carbocycles. The number of carbonyl (C=O) groups is 2. The van der Waals surface area contributed by atoms with Crippen LogP contribution in [0.1, 0.15) is 50.1 Å². The zero-order chi connectivity index (χ0) is 19.8. The van der Waals surface area contributed by atoms with Crippen LogP contribution in [0.5, 0.6) is 0 Å². The van der Waals surface area contributed by atoms with Gasteiger partial charge in [-0.25, -0.2) is 8.78 Å². The Bertz CT molecular complexity index is 896.